The number of carbonyl (C=O) groups excluding carboxylic acids is 1. The van der Waals surface area contributed by atoms with E-state index in [1.165, 1.54) is 17.0 Å². The van der Waals surface area contributed by atoms with Crippen LogP contribution in [-0.2, 0) is 22.7 Å². The maximum atomic E-state index is 17.8. The number of hydrogen-bond acceptors (Lipinski definition) is 11. The number of nitrogens with one attached hydrogen (secondary N) is 1. The second-order valence-electron chi connectivity index (χ2n) is 16.4. The molecule has 4 atom stereocenters. The van der Waals surface area contributed by atoms with E-state index in [0.717, 1.165) is 30.7 Å². The van der Waals surface area contributed by atoms with Crippen LogP contribution in [0.25, 0.3) is 32.1 Å². The van der Waals surface area contributed by atoms with Crippen LogP contribution in [0, 0.1) is 23.0 Å². The molecule has 4 aromatic rings. The maximum Gasteiger partial charge on any atom is 0.412 e. The summed E-state index contributed by atoms with van der Waals surface area (Å²) in [5.41, 5.74) is -0.951. The van der Waals surface area contributed by atoms with Gasteiger partial charge in [-0.1, -0.05) is 0 Å². The Bertz CT molecular complexity index is 2350. The number of likely N-dealkylation sites (tertiary alicyclic amines) is 1. The summed E-state index contributed by atoms with van der Waals surface area (Å²) in [6.07, 6.45) is 0.480. The fourth-order valence-corrected chi connectivity index (χ4v) is 10.6. The Morgan fingerprint density at radius 2 is 1.86 bits per heavy atom. The third kappa shape index (κ3) is 5.95. The van der Waals surface area contributed by atoms with Gasteiger partial charge >= 0.3 is 18.2 Å². The SMILES string of the molecule is CC(C)(C)OC(=O)Nc1sc2ccc(F)c(-c3c4c(c5c(N6C7CCC6CN(C(=O)O)C7)nc(OC[C@@]67CCCN6C[C@H](F)C7)nc5c3F)COC4)c2c1C#N. The molecule has 2 N–H and O–H groups in total. The zero-order valence-electron chi connectivity index (χ0n) is 31.1. The normalized spacial score (nSPS) is 24.5. The van der Waals surface area contributed by atoms with E-state index >= 15 is 8.78 Å². The number of rotatable bonds is 6. The number of halogens is 3. The van der Waals surface area contributed by atoms with Crippen molar-refractivity contribution < 1.29 is 42.1 Å². The molecule has 2 aromatic carbocycles. The van der Waals surface area contributed by atoms with Gasteiger partial charge in [-0.3, -0.25) is 10.2 Å². The van der Waals surface area contributed by atoms with Crippen molar-refractivity contribution in [3.8, 4) is 23.2 Å². The molecule has 0 radical (unpaired) electrons. The predicted octanol–water partition coefficient (Wildman–Crippen LogP) is 7.32. The molecule has 4 fully saturated rings. The number of thiophene rings is 1. The largest absolute Gasteiger partial charge is 0.465 e. The summed E-state index contributed by atoms with van der Waals surface area (Å²) in [5.74, 6) is -1.29. The first-order valence-corrected chi connectivity index (χ1v) is 19.6. The summed E-state index contributed by atoms with van der Waals surface area (Å²) < 4.78 is 67.0. The lowest BCUT2D eigenvalue weighted by Crippen LogP contribution is -2.55. The maximum absolute atomic E-state index is 17.8. The van der Waals surface area contributed by atoms with Crippen molar-refractivity contribution in [1.82, 2.24) is 19.8 Å². The highest BCUT2D eigenvalue weighted by atomic mass is 32.1. The molecule has 5 aliphatic rings. The summed E-state index contributed by atoms with van der Waals surface area (Å²) in [4.78, 5) is 39.9. The van der Waals surface area contributed by atoms with Crippen LogP contribution < -0.4 is 15.0 Å². The highest BCUT2D eigenvalue weighted by Crippen LogP contribution is 2.50. The van der Waals surface area contributed by atoms with E-state index in [4.69, 9.17) is 19.2 Å². The highest BCUT2D eigenvalue weighted by molar-refractivity contribution is 7.23. The van der Waals surface area contributed by atoms with Gasteiger partial charge in [-0.15, -0.1) is 11.3 Å². The van der Waals surface area contributed by atoms with Crippen molar-refractivity contribution in [2.24, 2.45) is 0 Å². The van der Waals surface area contributed by atoms with Gasteiger partial charge in [-0.25, -0.2) is 22.8 Å². The molecule has 0 aliphatic carbocycles. The monoisotopic (exact) mass is 791 g/mol. The van der Waals surface area contributed by atoms with Crippen LogP contribution in [0.2, 0.25) is 0 Å². The van der Waals surface area contributed by atoms with Gasteiger partial charge in [0.2, 0.25) is 0 Å². The van der Waals surface area contributed by atoms with Crippen molar-refractivity contribution in [2.75, 3.05) is 43.0 Å². The Morgan fingerprint density at radius 1 is 1.11 bits per heavy atom. The summed E-state index contributed by atoms with van der Waals surface area (Å²) in [5, 5.41) is 23.5. The summed E-state index contributed by atoms with van der Waals surface area (Å²) >= 11 is 1.04. The number of alkyl halides is 1. The smallest absolute Gasteiger partial charge is 0.412 e. The minimum atomic E-state index is -1.02. The first-order chi connectivity index (χ1) is 26.7. The van der Waals surface area contributed by atoms with E-state index in [2.05, 4.69) is 21.3 Å². The van der Waals surface area contributed by atoms with Gasteiger partial charge in [-0.2, -0.15) is 15.2 Å². The molecule has 56 heavy (non-hydrogen) atoms. The van der Waals surface area contributed by atoms with Crippen molar-refractivity contribution in [3.63, 3.8) is 0 Å². The van der Waals surface area contributed by atoms with E-state index < -0.39 is 41.1 Å². The number of carboxylic acid groups (broad SMARTS) is 1. The molecule has 13 nitrogen and oxygen atoms in total. The van der Waals surface area contributed by atoms with Gasteiger partial charge in [0.25, 0.3) is 0 Å². The van der Waals surface area contributed by atoms with E-state index in [-0.39, 0.29) is 83.6 Å². The molecule has 2 bridgehead atoms. The zero-order chi connectivity index (χ0) is 39.3. The number of fused-ring (bicyclic) bond motifs is 7. The van der Waals surface area contributed by atoms with Crippen LogP contribution in [0.15, 0.2) is 12.1 Å². The van der Waals surface area contributed by atoms with Crippen LogP contribution in [0.1, 0.15) is 69.6 Å². The molecule has 0 spiro atoms. The average molecular weight is 792 g/mol. The summed E-state index contributed by atoms with van der Waals surface area (Å²) in [6.45, 7) is 6.66. The fraction of sp³-hybridized carbons (Fsp3) is 0.513. The molecule has 7 heterocycles. The Balaban J connectivity index is 1.23. The minimum Gasteiger partial charge on any atom is -0.465 e. The Morgan fingerprint density at radius 3 is 2.57 bits per heavy atom. The quantitative estimate of drug-likeness (QED) is 0.202. The number of carbonyl (C=O) groups is 2. The van der Waals surface area contributed by atoms with E-state index in [1.54, 1.807) is 20.8 Å². The topological polar surface area (TPSA) is 153 Å². The van der Waals surface area contributed by atoms with Gasteiger partial charge in [0.1, 0.15) is 46.6 Å². The van der Waals surface area contributed by atoms with Crippen molar-refractivity contribution in [2.45, 2.75) is 95.5 Å². The third-order valence-corrected chi connectivity index (χ3v) is 12.8. The number of aromatic nitrogens is 2. The van der Waals surface area contributed by atoms with Gasteiger partial charge in [-0.05, 0) is 76.3 Å². The molecule has 294 valence electrons. The molecular formula is C39H40F3N7O6S. The number of piperazine rings is 1. The molecule has 4 saturated heterocycles. The van der Waals surface area contributed by atoms with Crippen LogP contribution in [0.3, 0.4) is 0 Å². The lowest BCUT2D eigenvalue weighted by Gasteiger charge is -2.41. The minimum absolute atomic E-state index is 0.0356. The highest BCUT2D eigenvalue weighted by Gasteiger charge is 2.50. The van der Waals surface area contributed by atoms with Crippen LogP contribution in [0.5, 0.6) is 6.01 Å². The van der Waals surface area contributed by atoms with Gasteiger partial charge < -0.3 is 29.1 Å². The van der Waals surface area contributed by atoms with Crippen molar-refractivity contribution in [3.05, 3.63) is 40.5 Å². The molecular weight excluding hydrogens is 752 g/mol. The number of nitrogens with zero attached hydrogens (tertiary/aromatic N) is 6. The van der Waals surface area contributed by atoms with Gasteiger partial charge in [0.15, 0.2) is 5.82 Å². The standard InChI is InChI=1S/C39H40F3N7O6S/c1-38(2,3)55-36(50)46-34-22(12-43)27-26(56-34)8-7-25(41)30(27)28-23-16-53-17-24(23)29-32(31(28)42)44-35(54-18-39-9-4-10-48(39)13-19(40)11-39)45-33(29)49-20-5-6-21(49)15-47(14-20)37(51)52/h7-8,19-21H,4-6,9-11,13-18H2,1-3H3,(H,46,50)(H,51,52)/t19-,20?,21?,39+/m1/s1. The zero-order valence-corrected chi connectivity index (χ0v) is 31.9. The average Bonchev–Trinajstić information content (AvgIpc) is 3.94. The molecule has 2 aromatic heterocycles. The first kappa shape index (κ1) is 36.7. The van der Waals surface area contributed by atoms with E-state index in [9.17, 15) is 24.3 Å². The second kappa shape index (κ2) is 13.3. The van der Waals surface area contributed by atoms with E-state index in [1.807, 2.05) is 4.90 Å². The van der Waals surface area contributed by atoms with Crippen LogP contribution in [0.4, 0.5) is 33.6 Å². The van der Waals surface area contributed by atoms with Gasteiger partial charge in [0, 0.05) is 59.4 Å². The first-order valence-electron chi connectivity index (χ1n) is 18.8. The second-order valence-corrected chi connectivity index (χ2v) is 17.4. The number of nitriles is 1. The lowest BCUT2D eigenvalue weighted by molar-refractivity contribution is 0.0636. The number of benzene rings is 2. The molecule has 2 amide bonds. The number of hydrogen-bond donors (Lipinski definition) is 2. The third-order valence-electron chi connectivity index (χ3n) is 11.8. The predicted molar refractivity (Wildman–Crippen MR) is 201 cm³/mol. The molecule has 0 saturated carbocycles. The Labute approximate surface area is 323 Å². The van der Waals surface area contributed by atoms with Crippen molar-refractivity contribution >= 4 is 55.3 Å². The number of ether oxygens (including phenoxy) is 3. The molecule has 17 heteroatoms. The fourth-order valence-electron chi connectivity index (χ4n) is 9.56. The lowest BCUT2D eigenvalue weighted by atomic mass is 9.90. The Hall–Kier alpha value is -4.92. The molecule has 9 rings (SSSR count). The Kier molecular flexibility index (Phi) is 8.75. The molecule has 5 aliphatic heterocycles. The summed E-state index contributed by atoms with van der Waals surface area (Å²) in [7, 11) is 0. The summed E-state index contributed by atoms with van der Waals surface area (Å²) in [6, 6.07) is 4.13. The number of amides is 2. The molecule has 2 unspecified atom stereocenters. The van der Waals surface area contributed by atoms with E-state index in [0.29, 0.717) is 52.8 Å². The van der Waals surface area contributed by atoms with Crippen LogP contribution >= 0.6 is 11.3 Å². The van der Waals surface area contributed by atoms with Crippen molar-refractivity contribution in [1.29, 1.82) is 5.26 Å². The van der Waals surface area contributed by atoms with Gasteiger partial charge in [0.05, 0.1) is 29.7 Å². The number of anilines is 2. The van der Waals surface area contributed by atoms with Crippen LogP contribution in [-0.4, -0.2) is 99.2 Å².